The van der Waals surface area contributed by atoms with Crippen LogP contribution in [0.15, 0.2) is 24.3 Å². The summed E-state index contributed by atoms with van der Waals surface area (Å²) in [5.74, 6) is -0.158. The smallest absolute Gasteiger partial charge is 0.403 e. The van der Waals surface area contributed by atoms with Gasteiger partial charge >= 0.3 is 7.12 Å². The molecule has 1 saturated heterocycles. The third-order valence-corrected chi connectivity index (χ3v) is 4.90. The van der Waals surface area contributed by atoms with Gasteiger partial charge < -0.3 is 9.31 Å². The van der Waals surface area contributed by atoms with Crippen LogP contribution in [0.5, 0.6) is 0 Å². The normalized spacial score (nSPS) is 26.5. The van der Waals surface area contributed by atoms with Gasteiger partial charge in [0.1, 0.15) is 5.82 Å². The van der Waals surface area contributed by atoms with Gasteiger partial charge in [-0.25, -0.2) is 4.39 Å². The zero-order chi connectivity index (χ0) is 13.9. The van der Waals surface area contributed by atoms with Crippen molar-refractivity contribution in [1.82, 2.24) is 0 Å². The molecule has 0 radical (unpaired) electrons. The van der Waals surface area contributed by atoms with Crippen LogP contribution in [0.3, 0.4) is 0 Å². The van der Waals surface area contributed by atoms with E-state index in [0.717, 1.165) is 18.4 Å². The molecule has 1 aromatic rings. The summed E-state index contributed by atoms with van der Waals surface area (Å²) in [5, 5.41) is -0.295. The molecule has 1 aliphatic heterocycles. The van der Waals surface area contributed by atoms with Crippen molar-refractivity contribution < 1.29 is 13.7 Å². The number of hydrogen-bond donors (Lipinski definition) is 0. The summed E-state index contributed by atoms with van der Waals surface area (Å²) in [5.41, 5.74) is 0.00492. The van der Waals surface area contributed by atoms with Crippen LogP contribution < -0.4 is 0 Å². The lowest BCUT2D eigenvalue weighted by atomic mass is 9.64. The standard InChI is InChI=1S/C15H20BFO2/c1-13(2)14(3,4)19-16(18-13)15(9-10-15)11-7-5-6-8-12(11)17/h5-8H,9-10H2,1-4H3. The maximum absolute atomic E-state index is 14.1. The fourth-order valence-corrected chi connectivity index (χ4v) is 2.70. The van der Waals surface area contributed by atoms with Crippen LogP contribution in [-0.2, 0) is 14.6 Å². The SMILES string of the molecule is CC1(C)OB(C2(c3ccccc3F)CC2)OC1(C)C. The van der Waals surface area contributed by atoms with Crippen LogP contribution in [0.25, 0.3) is 0 Å². The van der Waals surface area contributed by atoms with Crippen molar-refractivity contribution in [3.8, 4) is 0 Å². The maximum atomic E-state index is 14.1. The minimum atomic E-state index is -0.363. The highest BCUT2D eigenvalue weighted by Gasteiger charge is 2.65. The average molecular weight is 262 g/mol. The van der Waals surface area contributed by atoms with Crippen molar-refractivity contribution in [2.45, 2.75) is 57.1 Å². The molecule has 19 heavy (non-hydrogen) atoms. The summed E-state index contributed by atoms with van der Waals surface area (Å²) in [4.78, 5) is 0. The summed E-state index contributed by atoms with van der Waals surface area (Å²) in [7, 11) is -0.352. The Bertz CT molecular complexity index is 493. The molecule has 0 bridgehead atoms. The largest absolute Gasteiger partial charge is 0.469 e. The number of benzene rings is 1. The Morgan fingerprint density at radius 1 is 1.00 bits per heavy atom. The zero-order valence-electron chi connectivity index (χ0n) is 12.0. The van der Waals surface area contributed by atoms with Gasteiger partial charge in [-0.2, -0.15) is 0 Å². The quantitative estimate of drug-likeness (QED) is 0.759. The molecule has 2 nitrogen and oxygen atoms in total. The Balaban J connectivity index is 1.94. The van der Waals surface area contributed by atoms with Gasteiger partial charge in [-0.3, -0.25) is 0 Å². The van der Waals surface area contributed by atoms with E-state index in [2.05, 4.69) is 0 Å². The first-order valence-corrected chi connectivity index (χ1v) is 6.89. The Morgan fingerprint density at radius 3 is 2.00 bits per heavy atom. The second-order valence-corrected chi connectivity index (χ2v) is 6.72. The summed E-state index contributed by atoms with van der Waals surface area (Å²) in [6, 6.07) is 6.97. The van der Waals surface area contributed by atoms with Crippen LogP contribution in [0.1, 0.15) is 46.1 Å². The van der Waals surface area contributed by atoms with E-state index in [9.17, 15) is 4.39 Å². The van der Waals surface area contributed by atoms with E-state index in [1.807, 2.05) is 39.8 Å². The van der Waals surface area contributed by atoms with Gasteiger partial charge in [-0.1, -0.05) is 18.2 Å². The average Bonchev–Trinajstić information content (AvgIpc) is 3.05. The Morgan fingerprint density at radius 2 is 1.53 bits per heavy atom. The molecule has 1 aromatic carbocycles. The van der Waals surface area contributed by atoms with Gasteiger partial charge in [0.2, 0.25) is 0 Å². The molecule has 0 atom stereocenters. The molecular weight excluding hydrogens is 242 g/mol. The third kappa shape index (κ3) is 1.84. The molecule has 1 aliphatic carbocycles. The number of hydrogen-bond acceptors (Lipinski definition) is 2. The number of halogens is 1. The Kier molecular flexibility index (Phi) is 2.65. The lowest BCUT2D eigenvalue weighted by molar-refractivity contribution is 0.00578. The Labute approximate surface area is 114 Å². The molecule has 3 rings (SSSR count). The molecule has 2 fully saturated rings. The lowest BCUT2D eigenvalue weighted by Gasteiger charge is -2.32. The number of rotatable bonds is 2. The predicted molar refractivity (Wildman–Crippen MR) is 73.4 cm³/mol. The first-order chi connectivity index (χ1) is 8.79. The molecule has 1 saturated carbocycles. The van der Waals surface area contributed by atoms with Crippen molar-refractivity contribution in [3.63, 3.8) is 0 Å². The van der Waals surface area contributed by atoms with Gasteiger partial charge in [0, 0.05) is 5.31 Å². The summed E-state index contributed by atoms with van der Waals surface area (Å²) in [6.45, 7) is 8.13. The highest BCUT2D eigenvalue weighted by Crippen LogP contribution is 2.55. The molecule has 0 unspecified atom stereocenters. The first-order valence-electron chi connectivity index (χ1n) is 6.89. The summed E-state index contributed by atoms with van der Waals surface area (Å²) in [6.07, 6.45) is 1.84. The lowest BCUT2D eigenvalue weighted by Crippen LogP contribution is -2.41. The molecule has 0 spiro atoms. The van der Waals surface area contributed by atoms with Crippen molar-refractivity contribution in [1.29, 1.82) is 0 Å². The second-order valence-electron chi connectivity index (χ2n) is 6.72. The van der Waals surface area contributed by atoms with Gasteiger partial charge in [-0.15, -0.1) is 0 Å². The van der Waals surface area contributed by atoms with Crippen LogP contribution >= 0.6 is 0 Å². The van der Waals surface area contributed by atoms with Gasteiger partial charge in [-0.05, 0) is 52.2 Å². The molecule has 4 heteroatoms. The van der Waals surface area contributed by atoms with E-state index in [0.29, 0.717) is 0 Å². The maximum Gasteiger partial charge on any atom is 0.469 e. The second kappa shape index (κ2) is 3.83. The highest BCUT2D eigenvalue weighted by atomic mass is 19.1. The molecular formula is C15H20BFO2. The summed E-state index contributed by atoms with van der Waals surface area (Å²) >= 11 is 0. The van der Waals surface area contributed by atoms with Crippen molar-refractivity contribution in [2.24, 2.45) is 0 Å². The molecule has 1 heterocycles. The molecule has 0 N–H and O–H groups in total. The minimum Gasteiger partial charge on any atom is -0.403 e. The van der Waals surface area contributed by atoms with E-state index in [1.54, 1.807) is 6.07 Å². The van der Waals surface area contributed by atoms with E-state index in [1.165, 1.54) is 6.07 Å². The van der Waals surface area contributed by atoms with Crippen LogP contribution in [-0.4, -0.2) is 18.3 Å². The monoisotopic (exact) mass is 262 g/mol. The molecule has 0 aromatic heterocycles. The zero-order valence-corrected chi connectivity index (χ0v) is 12.0. The van der Waals surface area contributed by atoms with Gasteiger partial charge in [0.25, 0.3) is 0 Å². The fraction of sp³-hybridized carbons (Fsp3) is 0.600. The van der Waals surface area contributed by atoms with E-state index < -0.39 is 0 Å². The Hall–Kier alpha value is -0.865. The van der Waals surface area contributed by atoms with E-state index in [-0.39, 0.29) is 29.5 Å². The van der Waals surface area contributed by atoms with Gasteiger partial charge in [0.05, 0.1) is 11.2 Å². The van der Waals surface area contributed by atoms with Crippen molar-refractivity contribution in [3.05, 3.63) is 35.6 Å². The first kappa shape index (κ1) is 13.1. The van der Waals surface area contributed by atoms with Crippen molar-refractivity contribution >= 4 is 7.12 Å². The van der Waals surface area contributed by atoms with Crippen LogP contribution in [0.2, 0.25) is 0 Å². The van der Waals surface area contributed by atoms with Gasteiger partial charge in [0.15, 0.2) is 0 Å². The van der Waals surface area contributed by atoms with E-state index in [4.69, 9.17) is 9.31 Å². The molecule has 2 aliphatic rings. The topological polar surface area (TPSA) is 18.5 Å². The minimum absolute atomic E-state index is 0.158. The van der Waals surface area contributed by atoms with Crippen molar-refractivity contribution in [2.75, 3.05) is 0 Å². The molecule has 0 amide bonds. The van der Waals surface area contributed by atoms with E-state index >= 15 is 0 Å². The third-order valence-electron chi connectivity index (χ3n) is 4.90. The highest BCUT2D eigenvalue weighted by molar-refractivity contribution is 6.51. The summed E-state index contributed by atoms with van der Waals surface area (Å²) < 4.78 is 26.3. The van der Waals surface area contributed by atoms with Crippen LogP contribution in [0, 0.1) is 5.82 Å². The predicted octanol–water partition coefficient (Wildman–Crippen LogP) is 3.49. The fourth-order valence-electron chi connectivity index (χ4n) is 2.70. The van der Waals surface area contributed by atoms with Crippen LogP contribution in [0.4, 0.5) is 4.39 Å². The molecule has 102 valence electrons.